The van der Waals surface area contributed by atoms with E-state index in [1.807, 2.05) is 0 Å². The van der Waals surface area contributed by atoms with Crippen LogP contribution in [0.15, 0.2) is 16.9 Å². The molecule has 0 aliphatic rings. The van der Waals surface area contributed by atoms with E-state index in [4.69, 9.17) is 9.84 Å². The van der Waals surface area contributed by atoms with Crippen molar-refractivity contribution in [1.82, 2.24) is 4.98 Å². The summed E-state index contributed by atoms with van der Waals surface area (Å²) in [5.74, 6) is -0.551. The Morgan fingerprint density at radius 2 is 2.27 bits per heavy atom. The van der Waals surface area contributed by atoms with Crippen LogP contribution in [0, 0.1) is 0 Å². The molecule has 0 unspecified atom stereocenters. The Balaban J connectivity index is 2.91. The average Bonchev–Trinajstić information content (AvgIpc) is 2.21. The van der Waals surface area contributed by atoms with Crippen LogP contribution in [-0.4, -0.2) is 29.3 Å². The van der Waals surface area contributed by atoms with Gasteiger partial charge in [0.15, 0.2) is 0 Å². The maximum Gasteiger partial charge on any atom is 0.354 e. The fourth-order valence-electron chi connectivity index (χ4n) is 1.15. The number of pyridine rings is 1. The molecule has 1 aromatic heterocycles. The Labute approximate surface area is 86.7 Å². The lowest BCUT2D eigenvalue weighted by atomic mass is 10.2. The second kappa shape index (κ2) is 5.31. The lowest BCUT2D eigenvalue weighted by Gasteiger charge is -2.02. The molecule has 0 bridgehead atoms. The summed E-state index contributed by atoms with van der Waals surface area (Å²) in [5.41, 5.74) is 0.212. The van der Waals surface area contributed by atoms with Crippen molar-refractivity contribution in [3.05, 3.63) is 33.7 Å². The van der Waals surface area contributed by atoms with Gasteiger partial charge in [0.25, 0.3) is 5.56 Å². The number of aliphatic hydroxyl groups excluding tert-OH is 1. The predicted octanol–water partition coefficient (Wildman–Crippen LogP) is 0.0864. The average molecular weight is 211 g/mol. The summed E-state index contributed by atoms with van der Waals surface area (Å²) >= 11 is 0. The van der Waals surface area contributed by atoms with E-state index >= 15 is 0 Å². The van der Waals surface area contributed by atoms with E-state index in [0.717, 1.165) is 0 Å². The highest BCUT2D eigenvalue weighted by molar-refractivity contribution is 5.87. The molecule has 0 spiro atoms. The zero-order chi connectivity index (χ0) is 11.3. The molecule has 1 aromatic rings. The lowest BCUT2D eigenvalue weighted by molar-refractivity contribution is 0.0519. The van der Waals surface area contributed by atoms with Crippen LogP contribution in [0.4, 0.5) is 0 Å². The van der Waals surface area contributed by atoms with Gasteiger partial charge >= 0.3 is 5.97 Å². The van der Waals surface area contributed by atoms with Crippen molar-refractivity contribution in [2.24, 2.45) is 0 Å². The Kier molecular flexibility index (Phi) is 4.05. The van der Waals surface area contributed by atoms with E-state index in [-0.39, 0.29) is 30.9 Å². The highest BCUT2D eigenvalue weighted by Crippen LogP contribution is 1.98. The Morgan fingerprint density at radius 1 is 1.53 bits per heavy atom. The molecule has 1 rings (SSSR count). The van der Waals surface area contributed by atoms with Crippen LogP contribution in [0.25, 0.3) is 0 Å². The molecular weight excluding hydrogens is 198 g/mol. The third kappa shape index (κ3) is 2.92. The quantitative estimate of drug-likeness (QED) is 0.691. The van der Waals surface area contributed by atoms with Crippen LogP contribution >= 0.6 is 0 Å². The molecule has 15 heavy (non-hydrogen) atoms. The molecule has 0 aliphatic carbocycles. The Morgan fingerprint density at radius 3 is 2.80 bits per heavy atom. The number of aromatic nitrogens is 1. The third-order valence-corrected chi connectivity index (χ3v) is 1.87. The van der Waals surface area contributed by atoms with Crippen molar-refractivity contribution >= 4 is 5.97 Å². The SMILES string of the molecule is CCOC(=O)c1ccc(CCO)c(=O)[nH]1. The fourth-order valence-corrected chi connectivity index (χ4v) is 1.15. The van der Waals surface area contributed by atoms with Crippen molar-refractivity contribution in [3.8, 4) is 0 Å². The molecule has 0 saturated heterocycles. The van der Waals surface area contributed by atoms with E-state index in [2.05, 4.69) is 4.98 Å². The number of ether oxygens (including phenoxy) is 1. The fraction of sp³-hybridized carbons (Fsp3) is 0.400. The standard InChI is InChI=1S/C10H13NO4/c1-2-15-10(14)8-4-3-7(5-6-12)9(13)11-8/h3-4,12H,2,5-6H2,1H3,(H,11,13). The van der Waals surface area contributed by atoms with Gasteiger partial charge in [0.1, 0.15) is 5.69 Å². The van der Waals surface area contributed by atoms with Crippen molar-refractivity contribution in [2.75, 3.05) is 13.2 Å². The third-order valence-electron chi connectivity index (χ3n) is 1.87. The molecule has 0 aromatic carbocycles. The number of carbonyl (C=O) groups is 1. The molecule has 5 nitrogen and oxygen atoms in total. The summed E-state index contributed by atoms with van der Waals surface area (Å²) in [6, 6.07) is 2.99. The van der Waals surface area contributed by atoms with Gasteiger partial charge in [0, 0.05) is 18.6 Å². The van der Waals surface area contributed by atoms with Crippen molar-refractivity contribution < 1.29 is 14.6 Å². The predicted molar refractivity (Wildman–Crippen MR) is 53.8 cm³/mol. The summed E-state index contributed by atoms with van der Waals surface area (Å²) in [6.07, 6.45) is 0.276. The number of aliphatic hydroxyl groups is 1. The second-order valence-electron chi connectivity index (χ2n) is 2.92. The maximum absolute atomic E-state index is 11.4. The first-order chi connectivity index (χ1) is 7.19. The van der Waals surface area contributed by atoms with Gasteiger partial charge in [-0.05, 0) is 13.0 Å². The van der Waals surface area contributed by atoms with Gasteiger partial charge in [-0.25, -0.2) is 4.79 Å². The van der Waals surface area contributed by atoms with E-state index in [1.54, 1.807) is 6.92 Å². The van der Waals surface area contributed by atoms with Gasteiger partial charge < -0.3 is 14.8 Å². The smallest absolute Gasteiger partial charge is 0.354 e. The Bertz CT molecular complexity index is 397. The van der Waals surface area contributed by atoms with Crippen molar-refractivity contribution in [2.45, 2.75) is 13.3 Å². The van der Waals surface area contributed by atoms with Crippen LogP contribution < -0.4 is 5.56 Å². The largest absolute Gasteiger partial charge is 0.461 e. The first-order valence-corrected chi connectivity index (χ1v) is 4.69. The molecule has 82 valence electrons. The molecule has 5 heteroatoms. The normalized spacial score (nSPS) is 10.0. The van der Waals surface area contributed by atoms with E-state index < -0.39 is 5.97 Å². The van der Waals surface area contributed by atoms with Crippen LogP contribution in [0.1, 0.15) is 23.0 Å². The monoisotopic (exact) mass is 211 g/mol. The van der Waals surface area contributed by atoms with Crippen LogP contribution in [-0.2, 0) is 11.2 Å². The first kappa shape index (κ1) is 11.5. The minimum absolute atomic E-state index is 0.0954. The highest BCUT2D eigenvalue weighted by atomic mass is 16.5. The molecule has 2 N–H and O–H groups in total. The number of hydrogen-bond acceptors (Lipinski definition) is 4. The second-order valence-corrected chi connectivity index (χ2v) is 2.92. The van der Waals surface area contributed by atoms with Gasteiger partial charge in [-0.1, -0.05) is 6.07 Å². The number of H-pyrrole nitrogens is 1. The van der Waals surface area contributed by atoms with Gasteiger partial charge in [0.2, 0.25) is 0 Å². The number of nitrogens with one attached hydrogen (secondary N) is 1. The number of aromatic amines is 1. The van der Waals surface area contributed by atoms with Gasteiger partial charge in [-0.3, -0.25) is 4.79 Å². The molecular formula is C10H13NO4. The van der Waals surface area contributed by atoms with Crippen LogP contribution in [0.3, 0.4) is 0 Å². The summed E-state index contributed by atoms with van der Waals surface area (Å²) in [4.78, 5) is 25.0. The topological polar surface area (TPSA) is 79.4 Å². The van der Waals surface area contributed by atoms with Gasteiger partial charge in [-0.2, -0.15) is 0 Å². The Hall–Kier alpha value is -1.62. The molecule has 0 amide bonds. The van der Waals surface area contributed by atoms with E-state index in [1.165, 1.54) is 12.1 Å². The summed E-state index contributed by atoms with van der Waals surface area (Å²) in [6.45, 7) is 1.86. The van der Waals surface area contributed by atoms with Crippen LogP contribution in [0.5, 0.6) is 0 Å². The molecule has 0 aliphatic heterocycles. The van der Waals surface area contributed by atoms with Crippen LogP contribution in [0.2, 0.25) is 0 Å². The number of rotatable bonds is 4. The van der Waals surface area contributed by atoms with Crippen molar-refractivity contribution in [1.29, 1.82) is 0 Å². The molecule has 0 saturated carbocycles. The zero-order valence-electron chi connectivity index (χ0n) is 8.45. The van der Waals surface area contributed by atoms with Gasteiger partial charge in [-0.15, -0.1) is 0 Å². The summed E-state index contributed by atoms with van der Waals surface area (Å²) in [5, 5.41) is 8.66. The molecule has 0 radical (unpaired) electrons. The molecule has 1 heterocycles. The lowest BCUT2D eigenvalue weighted by Crippen LogP contribution is -2.18. The summed E-state index contributed by atoms with van der Waals surface area (Å²) < 4.78 is 4.72. The number of esters is 1. The van der Waals surface area contributed by atoms with Crippen molar-refractivity contribution in [3.63, 3.8) is 0 Å². The zero-order valence-corrected chi connectivity index (χ0v) is 8.45. The number of hydrogen-bond donors (Lipinski definition) is 2. The number of carbonyl (C=O) groups excluding carboxylic acids is 1. The highest BCUT2D eigenvalue weighted by Gasteiger charge is 2.08. The van der Waals surface area contributed by atoms with E-state index in [9.17, 15) is 9.59 Å². The maximum atomic E-state index is 11.4. The first-order valence-electron chi connectivity index (χ1n) is 4.69. The van der Waals surface area contributed by atoms with Gasteiger partial charge in [0.05, 0.1) is 6.61 Å². The minimum atomic E-state index is -0.551. The van der Waals surface area contributed by atoms with E-state index in [0.29, 0.717) is 5.56 Å². The molecule has 0 atom stereocenters. The minimum Gasteiger partial charge on any atom is -0.461 e. The molecule has 0 fully saturated rings. The summed E-state index contributed by atoms with van der Waals surface area (Å²) in [7, 11) is 0.